The number of para-hydroxylation sites is 2. The summed E-state index contributed by atoms with van der Waals surface area (Å²) in [6, 6.07) is 7.26. The standard InChI is InChI=1S/C17H23N3O4/c1-12(2)18-15(21)10-19(3)16(22)8-9-20-13-6-4-5-7-14(13)24-11-17(20)23/h4-7,12H,8-11H2,1-3H3,(H,18,21). The molecule has 0 radical (unpaired) electrons. The number of rotatable bonds is 6. The van der Waals surface area contributed by atoms with Crippen molar-refractivity contribution in [3.63, 3.8) is 0 Å². The summed E-state index contributed by atoms with van der Waals surface area (Å²) in [4.78, 5) is 38.9. The summed E-state index contributed by atoms with van der Waals surface area (Å²) in [7, 11) is 1.58. The van der Waals surface area contributed by atoms with E-state index < -0.39 is 0 Å². The van der Waals surface area contributed by atoms with E-state index in [1.165, 1.54) is 4.90 Å². The highest BCUT2D eigenvalue weighted by Gasteiger charge is 2.26. The molecule has 2 rings (SSSR count). The predicted octanol–water partition coefficient (Wildman–Crippen LogP) is 0.785. The quantitative estimate of drug-likeness (QED) is 0.835. The molecule has 0 aromatic heterocycles. The van der Waals surface area contributed by atoms with Crippen LogP contribution in [0.1, 0.15) is 20.3 Å². The molecule has 0 bridgehead atoms. The van der Waals surface area contributed by atoms with Crippen LogP contribution in [0, 0.1) is 0 Å². The Morgan fingerprint density at radius 1 is 1.33 bits per heavy atom. The molecule has 0 saturated heterocycles. The number of likely N-dealkylation sites (N-methyl/N-ethyl adjacent to an activating group) is 1. The molecule has 1 aromatic carbocycles. The highest BCUT2D eigenvalue weighted by atomic mass is 16.5. The highest BCUT2D eigenvalue weighted by Crippen LogP contribution is 2.31. The number of nitrogens with one attached hydrogen (secondary N) is 1. The van der Waals surface area contributed by atoms with Gasteiger partial charge < -0.3 is 19.9 Å². The lowest BCUT2D eigenvalue weighted by molar-refractivity contribution is -0.134. The summed E-state index contributed by atoms with van der Waals surface area (Å²) >= 11 is 0. The number of benzene rings is 1. The molecule has 130 valence electrons. The maximum atomic E-state index is 12.2. The first-order valence-electron chi connectivity index (χ1n) is 7.94. The normalized spacial score (nSPS) is 13.3. The largest absolute Gasteiger partial charge is 0.482 e. The van der Waals surface area contributed by atoms with Crippen LogP contribution in [0.2, 0.25) is 0 Å². The summed E-state index contributed by atoms with van der Waals surface area (Å²) in [5, 5.41) is 2.74. The molecule has 1 aliphatic rings. The third-order valence-electron chi connectivity index (χ3n) is 3.61. The van der Waals surface area contributed by atoms with Gasteiger partial charge in [0.25, 0.3) is 5.91 Å². The van der Waals surface area contributed by atoms with Crippen LogP contribution in [0.4, 0.5) is 5.69 Å². The van der Waals surface area contributed by atoms with Gasteiger partial charge in [-0.25, -0.2) is 0 Å². The van der Waals surface area contributed by atoms with Gasteiger partial charge in [-0.3, -0.25) is 14.4 Å². The van der Waals surface area contributed by atoms with Crippen LogP contribution in [-0.2, 0) is 14.4 Å². The Kier molecular flexibility index (Phi) is 5.78. The van der Waals surface area contributed by atoms with Gasteiger partial charge in [-0.05, 0) is 26.0 Å². The van der Waals surface area contributed by atoms with Gasteiger partial charge in [0.1, 0.15) is 5.75 Å². The molecule has 3 amide bonds. The monoisotopic (exact) mass is 333 g/mol. The van der Waals surface area contributed by atoms with Gasteiger partial charge in [-0.15, -0.1) is 0 Å². The van der Waals surface area contributed by atoms with Crippen molar-refractivity contribution < 1.29 is 19.1 Å². The first-order chi connectivity index (χ1) is 11.4. The smallest absolute Gasteiger partial charge is 0.265 e. The van der Waals surface area contributed by atoms with Crippen molar-refractivity contribution in [3.8, 4) is 5.75 Å². The van der Waals surface area contributed by atoms with E-state index in [9.17, 15) is 14.4 Å². The van der Waals surface area contributed by atoms with Gasteiger partial charge in [0.05, 0.1) is 12.2 Å². The zero-order valence-electron chi connectivity index (χ0n) is 14.2. The zero-order chi connectivity index (χ0) is 17.7. The summed E-state index contributed by atoms with van der Waals surface area (Å²) in [6.07, 6.45) is 0.144. The number of hydrogen-bond acceptors (Lipinski definition) is 4. The molecule has 7 heteroatoms. The lowest BCUT2D eigenvalue weighted by Crippen LogP contribution is -2.43. The lowest BCUT2D eigenvalue weighted by atomic mass is 10.2. The van der Waals surface area contributed by atoms with E-state index in [0.29, 0.717) is 11.4 Å². The second-order valence-electron chi connectivity index (χ2n) is 6.02. The van der Waals surface area contributed by atoms with Gasteiger partial charge in [-0.2, -0.15) is 0 Å². The minimum atomic E-state index is -0.200. The molecule has 1 heterocycles. The fraction of sp³-hybridized carbons (Fsp3) is 0.471. The fourth-order valence-corrected chi connectivity index (χ4v) is 2.47. The summed E-state index contributed by atoms with van der Waals surface area (Å²) < 4.78 is 5.37. The van der Waals surface area contributed by atoms with E-state index in [-0.39, 0.29) is 49.9 Å². The molecule has 1 aromatic rings. The molecule has 24 heavy (non-hydrogen) atoms. The third-order valence-corrected chi connectivity index (χ3v) is 3.61. The highest BCUT2D eigenvalue weighted by molar-refractivity contribution is 5.98. The van der Waals surface area contributed by atoms with Crippen LogP contribution < -0.4 is 15.0 Å². The molecule has 0 spiro atoms. The molecule has 7 nitrogen and oxygen atoms in total. The molecule has 0 fully saturated rings. The van der Waals surface area contributed by atoms with Crippen molar-refractivity contribution in [2.45, 2.75) is 26.3 Å². The van der Waals surface area contributed by atoms with Crippen molar-refractivity contribution in [1.29, 1.82) is 0 Å². The van der Waals surface area contributed by atoms with Crippen molar-refractivity contribution in [3.05, 3.63) is 24.3 Å². The van der Waals surface area contributed by atoms with E-state index in [0.717, 1.165) is 0 Å². The number of hydrogen-bond donors (Lipinski definition) is 1. The summed E-state index contributed by atoms with van der Waals surface area (Å²) in [6.45, 7) is 3.96. The summed E-state index contributed by atoms with van der Waals surface area (Å²) in [5.74, 6) is 0.0650. The van der Waals surface area contributed by atoms with Crippen molar-refractivity contribution in [2.75, 3.05) is 31.6 Å². The van der Waals surface area contributed by atoms with Gasteiger partial charge in [-0.1, -0.05) is 12.1 Å². The van der Waals surface area contributed by atoms with E-state index >= 15 is 0 Å². The Morgan fingerprint density at radius 2 is 2.04 bits per heavy atom. The Labute approximate surface area is 141 Å². The van der Waals surface area contributed by atoms with Gasteiger partial charge in [0, 0.05) is 26.1 Å². The molecular weight excluding hydrogens is 310 g/mol. The molecule has 0 saturated carbocycles. The molecule has 0 atom stereocenters. The number of ether oxygens (including phenoxy) is 1. The minimum absolute atomic E-state index is 0.00462. The minimum Gasteiger partial charge on any atom is -0.482 e. The fourth-order valence-electron chi connectivity index (χ4n) is 2.47. The van der Waals surface area contributed by atoms with Crippen LogP contribution in [0.3, 0.4) is 0 Å². The predicted molar refractivity (Wildman–Crippen MR) is 89.8 cm³/mol. The first-order valence-corrected chi connectivity index (χ1v) is 7.94. The van der Waals surface area contributed by atoms with E-state index in [1.807, 2.05) is 26.0 Å². The maximum absolute atomic E-state index is 12.2. The number of nitrogens with zero attached hydrogens (tertiary/aromatic N) is 2. The average Bonchev–Trinajstić information content (AvgIpc) is 2.52. The van der Waals surface area contributed by atoms with Crippen LogP contribution in [0.25, 0.3) is 0 Å². The van der Waals surface area contributed by atoms with Crippen molar-refractivity contribution >= 4 is 23.4 Å². The Balaban J connectivity index is 1.92. The second-order valence-corrected chi connectivity index (χ2v) is 6.02. The van der Waals surface area contributed by atoms with E-state index in [4.69, 9.17) is 4.74 Å². The topological polar surface area (TPSA) is 79.0 Å². The SMILES string of the molecule is CC(C)NC(=O)CN(C)C(=O)CCN1C(=O)COc2ccccc21. The number of carbonyl (C=O) groups excluding carboxylic acids is 3. The number of fused-ring (bicyclic) bond motifs is 1. The molecule has 1 N–H and O–H groups in total. The average molecular weight is 333 g/mol. The third kappa shape index (κ3) is 4.47. The maximum Gasteiger partial charge on any atom is 0.265 e. The van der Waals surface area contributed by atoms with Crippen LogP contribution in [0.15, 0.2) is 24.3 Å². The molecule has 1 aliphatic heterocycles. The number of amides is 3. The number of anilines is 1. The first kappa shape index (κ1) is 17.8. The zero-order valence-corrected chi connectivity index (χ0v) is 14.2. The van der Waals surface area contributed by atoms with Gasteiger partial charge in [0.15, 0.2) is 6.61 Å². The Bertz CT molecular complexity index is 630. The van der Waals surface area contributed by atoms with Crippen LogP contribution in [-0.4, -0.2) is 55.4 Å². The van der Waals surface area contributed by atoms with Gasteiger partial charge >= 0.3 is 0 Å². The summed E-state index contributed by atoms with van der Waals surface area (Å²) in [5.41, 5.74) is 0.668. The second kappa shape index (κ2) is 7.81. The van der Waals surface area contributed by atoms with Gasteiger partial charge in [0.2, 0.25) is 11.8 Å². The van der Waals surface area contributed by atoms with Crippen LogP contribution in [0.5, 0.6) is 5.75 Å². The molecule has 0 unspecified atom stereocenters. The Morgan fingerprint density at radius 3 is 2.75 bits per heavy atom. The van der Waals surface area contributed by atoms with E-state index in [1.54, 1.807) is 24.1 Å². The molecule has 0 aliphatic carbocycles. The van der Waals surface area contributed by atoms with Crippen molar-refractivity contribution in [2.24, 2.45) is 0 Å². The lowest BCUT2D eigenvalue weighted by Gasteiger charge is -2.29. The van der Waals surface area contributed by atoms with E-state index in [2.05, 4.69) is 5.32 Å². The van der Waals surface area contributed by atoms with Crippen LogP contribution >= 0.6 is 0 Å². The molecular formula is C17H23N3O4. The van der Waals surface area contributed by atoms with Crippen molar-refractivity contribution in [1.82, 2.24) is 10.2 Å². The Hall–Kier alpha value is -2.57. The number of carbonyl (C=O) groups is 3.